The number of benzene rings is 2. The fourth-order valence-corrected chi connectivity index (χ4v) is 7.04. The molecule has 0 bridgehead atoms. The van der Waals surface area contributed by atoms with Crippen molar-refractivity contribution in [1.29, 1.82) is 0 Å². The first-order chi connectivity index (χ1) is 15.5. The first-order valence-electron chi connectivity index (χ1n) is 11.0. The fraction of sp³-hybridized carbons (Fsp3) is 0.320. The maximum absolute atomic E-state index is 12.9. The maximum Gasteiger partial charge on any atom is 0.252 e. The summed E-state index contributed by atoms with van der Waals surface area (Å²) >= 11 is 1.20. The molecule has 1 fully saturated rings. The first-order valence-corrected chi connectivity index (χ1v) is 13.2. The molecule has 1 atom stereocenters. The lowest BCUT2D eigenvalue weighted by Crippen LogP contribution is -2.35. The zero-order chi connectivity index (χ0) is 22.4. The van der Waals surface area contributed by atoms with Gasteiger partial charge in [0.1, 0.15) is 4.21 Å². The van der Waals surface area contributed by atoms with E-state index in [1.807, 2.05) is 48.5 Å². The highest BCUT2D eigenvalue weighted by atomic mass is 32.2. The lowest BCUT2D eigenvalue weighted by molar-refractivity contribution is -0.121. The number of sulfonamides is 1. The maximum atomic E-state index is 12.9. The number of carbonyl (C=O) groups is 1. The highest BCUT2D eigenvalue weighted by molar-refractivity contribution is 7.91. The van der Waals surface area contributed by atoms with Crippen molar-refractivity contribution in [1.82, 2.24) is 9.62 Å². The predicted octanol–water partition coefficient (Wildman–Crippen LogP) is 4.57. The van der Waals surface area contributed by atoms with Gasteiger partial charge in [-0.2, -0.15) is 4.31 Å². The minimum absolute atomic E-state index is 0.112. The van der Waals surface area contributed by atoms with Gasteiger partial charge in [0.25, 0.3) is 10.0 Å². The standard InChI is InChI=1S/C25H28N2O3S2/c28-24(19-22-14-15-25(31-22)32(29,30)27-16-8-3-9-17-27)26-23(21-12-6-2-7-13-21)18-20-10-4-1-5-11-20/h1-2,4-7,10-15,23H,3,8-9,16-19H2,(H,26,28). The average molecular weight is 469 g/mol. The zero-order valence-electron chi connectivity index (χ0n) is 17.9. The van der Waals surface area contributed by atoms with Gasteiger partial charge in [0.05, 0.1) is 12.5 Å². The molecule has 2 aromatic carbocycles. The smallest absolute Gasteiger partial charge is 0.252 e. The van der Waals surface area contributed by atoms with Gasteiger partial charge in [-0.3, -0.25) is 4.79 Å². The summed E-state index contributed by atoms with van der Waals surface area (Å²) in [6, 6.07) is 23.3. The molecule has 1 amide bonds. The molecule has 0 spiro atoms. The van der Waals surface area contributed by atoms with E-state index in [-0.39, 0.29) is 18.4 Å². The van der Waals surface area contributed by atoms with Crippen LogP contribution in [0.15, 0.2) is 77.0 Å². The number of thiophene rings is 1. The lowest BCUT2D eigenvalue weighted by Gasteiger charge is -2.25. The van der Waals surface area contributed by atoms with Gasteiger partial charge in [0, 0.05) is 18.0 Å². The molecule has 1 saturated heterocycles. The number of carbonyl (C=O) groups excluding carboxylic acids is 1. The molecule has 1 unspecified atom stereocenters. The molecule has 3 aromatic rings. The van der Waals surface area contributed by atoms with E-state index in [4.69, 9.17) is 0 Å². The molecule has 0 aliphatic carbocycles. The quantitative estimate of drug-likeness (QED) is 0.527. The van der Waals surface area contributed by atoms with Gasteiger partial charge in [0.2, 0.25) is 5.91 Å². The van der Waals surface area contributed by atoms with Crippen LogP contribution in [0.4, 0.5) is 0 Å². The Morgan fingerprint density at radius 1 is 0.906 bits per heavy atom. The topological polar surface area (TPSA) is 66.5 Å². The van der Waals surface area contributed by atoms with E-state index >= 15 is 0 Å². The lowest BCUT2D eigenvalue weighted by atomic mass is 9.98. The summed E-state index contributed by atoms with van der Waals surface area (Å²) in [4.78, 5) is 13.6. The molecule has 1 aliphatic rings. The van der Waals surface area contributed by atoms with Crippen LogP contribution < -0.4 is 5.32 Å². The van der Waals surface area contributed by atoms with E-state index in [2.05, 4.69) is 17.4 Å². The molecule has 5 nitrogen and oxygen atoms in total. The van der Waals surface area contributed by atoms with Crippen molar-refractivity contribution in [3.8, 4) is 0 Å². The molecular formula is C25H28N2O3S2. The minimum Gasteiger partial charge on any atom is -0.349 e. The molecule has 32 heavy (non-hydrogen) atoms. The average Bonchev–Trinajstić information content (AvgIpc) is 3.30. The summed E-state index contributed by atoms with van der Waals surface area (Å²) < 4.78 is 27.7. The Kier molecular flexibility index (Phi) is 7.40. The summed E-state index contributed by atoms with van der Waals surface area (Å²) in [5.41, 5.74) is 2.19. The second-order valence-corrected chi connectivity index (χ2v) is 11.4. The van der Waals surface area contributed by atoms with Crippen molar-refractivity contribution >= 4 is 27.3 Å². The second kappa shape index (κ2) is 10.4. The minimum atomic E-state index is -3.46. The molecule has 1 N–H and O–H groups in total. The third-order valence-corrected chi connectivity index (χ3v) is 9.15. The molecule has 0 saturated carbocycles. The van der Waals surface area contributed by atoms with Crippen molar-refractivity contribution in [3.63, 3.8) is 0 Å². The van der Waals surface area contributed by atoms with Gasteiger partial charge in [-0.05, 0) is 42.5 Å². The van der Waals surface area contributed by atoms with E-state index < -0.39 is 10.0 Å². The van der Waals surface area contributed by atoms with Crippen molar-refractivity contribution in [2.75, 3.05) is 13.1 Å². The summed E-state index contributed by atoms with van der Waals surface area (Å²) in [7, 11) is -3.46. The van der Waals surface area contributed by atoms with Crippen LogP contribution in [0.2, 0.25) is 0 Å². The molecule has 168 valence electrons. The van der Waals surface area contributed by atoms with E-state index in [0.717, 1.165) is 35.3 Å². The second-order valence-electron chi connectivity index (χ2n) is 8.08. The number of amides is 1. The van der Waals surface area contributed by atoms with Crippen LogP contribution in [0.1, 0.15) is 41.3 Å². The van der Waals surface area contributed by atoms with Crippen LogP contribution in [0.3, 0.4) is 0 Å². The SMILES string of the molecule is O=C(Cc1ccc(S(=O)(=O)N2CCCCC2)s1)NC(Cc1ccccc1)c1ccccc1. The molecular weight excluding hydrogens is 440 g/mol. The van der Waals surface area contributed by atoms with E-state index in [1.54, 1.807) is 16.4 Å². The van der Waals surface area contributed by atoms with E-state index in [9.17, 15) is 13.2 Å². The Bertz CT molecular complexity index is 1120. The number of nitrogens with zero attached hydrogens (tertiary/aromatic N) is 1. The summed E-state index contributed by atoms with van der Waals surface area (Å²) in [5, 5.41) is 3.15. The molecule has 7 heteroatoms. The van der Waals surface area contributed by atoms with E-state index in [0.29, 0.717) is 23.7 Å². The van der Waals surface area contributed by atoms with Gasteiger partial charge < -0.3 is 5.32 Å². The molecule has 0 radical (unpaired) electrons. The number of nitrogens with one attached hydrogen (secondary N) is 1. The number of piperidine rings is 1. The van der Waals surface area contributed by atoms with Gasteiger partial charge in [-0.1, -0.05) is 67.1 Å². The van der Waals surface area contributed by atoms with Crippen molar-refractivity contribution in [3.05, 3.63) is 88.8 Å². The van der Waals surface area contributed by atoms with Gasteiger partial charge in [0.15, 0.2) is 0 Å². The van der Waals surface area contributed by atoms with Crippen LogP contribution in [-0.4, -0.2) is 31.7 Å². The van der Waals surface area contributed by atoms with E-state index in [1.165, 1.54) is 11.3 Å². The summed E-state index contributed by atoms with van der Waals surface area (Å²) in [6.45, 7) is 1.16. The molecule has 2 heterocycles. The predicted molar refractivity (Wildman–Crippen MR) is 128 cm³/mol. The third kappa shape index (κ3) is 5.65. The van der Waals surface area contributed by atoms with Crippen LogP contribution in [0, 0.1) is 0 Å². The Hall–Kier alpha value is -2.48. The van der Waals surface area contributed by atoms with Crippen LogP contribution in [0.25, 0.3) is 0 Å². The molecule has 1 aliphatic heterocycles. The molecule has 4 rings (SSSR count). The highest BCUT2D eigenvalue weighted by Crippen LogP contribution is 2.27. The Morgan fingerprint density at radius 3 is 2.25 bits per heavy atom. The Morgan fingerprint density at radius 2 is 1.56 bits per heavy atom. The first kappa shape index (κ1) is 22.7. The van der Waals surface area contributed by atoms with Crippen molar-refractivity contribution in [2.24, 2.45) is 0 Å². The van der Waals surface area contributed by atoms with Crippen LogP contribution >= 0.6 is 11.3 Å². The van der Waals surface area contributed by atoms with Crippen molar-refractivity contribution in [2.45, 2.75) is 42.4 Å². The Labute approximate surface area is 194 Å². The number of hydrogen-bond donors (Lipinski definition) is 1. The summed E-state index contributed by atoms with van der Waals surface area (Å²) in [6.07, 6.45) is 3.74. The highest BCUT2D eigenvalue weighted by Gasteiger charge is 2.27. The third-order valence-electron chi connectivity index (χ3n) is 5.70. The van der Waals surface area contributed by atoms with Gasteiger partial charge in [-0.15, -0.1) is 11.3 Å². The zero-order valence-corrected chi connectivity index (χ0v) is 19.6. The van der Waals surface area contributed by atoms with Gasteiger partial charge >= 0.3 is 0 Å². The number of hydrogen-bond acceptors (Lipinski definition) is 4. The fourth-order valence-electron chi connectivity index (χ4n) is 4.02. The monoisotopic (exact) mass is 468 g/mol. The van der Waals surface area contributed by atoms with Crippen LogP contribution in [-0.2, 0) is 27.7 Å². The van der Waals surface area contributed by atoms with Crippen LogP contribution in [0.5, 0.6) is 0 Å². The number of rotatable bonds is 8. The Balaban J connectivity index is 1.44. The largest absolute Gasteiger partial charge is 0.349 e. The summed E-state index contributed by atoms with van der Waals surface area (Å²) in [5.74, 6) is -0.112. The van der Waals surface area contributed by atoms with Crippen molar-refractivity contribution < 1.29 is 13.2 Å². The normalized spacial score (nSPS) is 15.9. The van der Waals surface area contributed by atoms with Gasteiger partial charge in [-0.25, -0.2) is 8.42 Å². The molecule has 1 aromatic heterocycles.